The van der Waals surface area contributed by atoms with E-state index in [0.29, 0.717) is 23.9 Å². The highest BCUT2D eigenvalue weighted by Crippen LogP contribution is 2.29. The van der Waals surface area contributed by atoms with Crippen molar-refractivity contribution in [1.82, 2.24) is 0 Å². The lowest BCUT2D eigenvalue weighted by Gasteiger charge is -2.29. The first-order valence-corrected chi connectivity index (χ1v) is 10.1. The van der Waals surface area contributed by atoms with Gasteiger partial charge in [-0.2, -0.15) is 0 Å². The van der Waals surface area contributed by atoms with Gasteiger partial charge in [-0.25, -0.2) is 8.42 Å². The van der Waals surface area contributed by atoms with E-state index in [1.54, 1.807) is 12.1 Å². The van der Waals surface area contributed by atoms with Crippen LogP contribution in [0.5, 0.6) is 0 Å². The minimum absolute atomic E-state index is 0.0855. The number of morpholine rings is 1. The van der Waals surface area contributed by atoms with E-state index in [2.05, 4.69) is 9.62 Å². The molecular weight excluding hydrogens is 360 g/mol. The third-order valence-corrected chi connectivity index (χ3v) is 5.75. The molecule has 7 heteroatoms. The normalized spacial score (nSPS) is 15.2. The van der Waals surface area contributed by atoms with Crippen LogP contribution < -0.4 is 9.62 Å². The Labute approximate surface area is 153 Å². The van der Waals surface area contributed by atoms with Crippen LogP contribution in [0.4, 0.5) is 11.4 Å². The van der Waals surface area contributed by atoms with Gasteiger partial charge in [-0.1, -0.05) is 35.9 Å². The van der Waals surface area contributed by atoms with E-state index in [-0.39, 0.29) is 5.75 Å². The summed E-state index contributed by atoms with van der Waals surface area (Å²) in [6.07, 6.45) is 0. The van der Waals surface area contributed by atoms with Crippen molar-refractivity contribution < 1.29 is 13.2 Å². The topological polar surface area (TPSA) is 58.6 Å². The predicted molar refractivity (Wildman–Crippen MR) is 102 cm³/mol. The number of nitrogens with one attached hydrogen (secondary N) is 1. The van der Waals surface area contributed by atoms with Gasteiger partial charge >= 0.3 is 0 Å². The maximum absolute atomic E-state index is 12.6. The molecule has 1 saturated heterocycles. The molecule has 0 spiro atoms. The first-order chi connectivity index (χ1) is 11.9. The summed E-state index contributed by atoms with van der Waals surface area (Å²) in [7, 11) is -3.56. The van der Waals surface area contributed by atoms with Crippen molar-refractivity contribution in [2.24, 2.45) is 0 Å². The number of ether oxygens (including phenoxy) is 1. The highest BCUT2D eigenvalue weighted by molar-refractivity contribution is 7.91. The molecule has 3 rings (SSSR count). The molecule has 1 heterocycles. The van der Waals surface area contributed by atoms with Gasteiger partial charge in [0, 0.05) is 18.8 Å². The van der Waals surface area contributed by atoms with Crippen molar-refractivity contribution in [3.63, 3.8) is 0 Å². The molecule has 2 aromatic rings. The second-order valence-corrected chi connectivity index (χ2v) is 8.18. The molecule has 0 unspecified atom stereocenters. The number of hydrogen-bond acceptors (Lipinski definition) is 4. The van der Waals surface area contributed by atoms with Crippen LogP contribution in [0.1, 0.15) is 11.1 Å². The first-order valence-electron chi connectivity index (χ1n) is 8.12. The summed E-state index contributed by atoms with van der Waals surface area (Å²) in [5.41, 5.74) is 3.05. The number of benzene rings is 2. The van der Waals surface area contributed by atoms with Crippen molar-refractivity contribution in [1.29, 1.82) is 0 Å². The maximum atomic E-state index is 12.6. The lowest BCUT2D eigenvalue weighted by Crippen LogP contribution is -2.36. The van der Waals surface area contributed by atoms with E-state index in [1.807, 2.05) is 37.3 Å². The Kier molecular flexibility index (Phi) is 5.51. The Morgan fingerprint density at radius 1 is 1.16 bits per heavy atom. The van der Waals surface area contributed by atoms with E-state index >= 15 is 0 Å². The monoisotopic (exact) mass is 380 g/mol. The molecule has 0 saturated carbocycles. The van der Waals surface area contributed by atoms with E-state index < -0.39 is 10.0 Å². The fourth-order valence-corrected chi connectivity index (χ4v) is 4.32. The lowest BCUT2D eigenvalue weighted by molar-refractivity contribution is 0.122. The summed E-state index contributed by atoms with van der Waals surface area (Å²) in [5, 5.41) is 0.380. The molecule has 1 aliphatic rings. The average molecular weight is 381 g/mol. The van der Waals surface area contributed by atoms with Gasteiger partial charge in [0.05, 0.1) is 29.7 Å². The second kappa shape index (κ2) is 7.64. The van der Waals surface area contributed by atoms with Gasteiger partial charge < -0.3 is 9.64 Å². The van der Waals surface area contributed by atoms with Gasteiger partial charge in [0.2, 0.25) is 10.0 Å². The number of halogens is 1. The quantitative estimate of drug-likeness (QED) is 0.863. The second-order valence-electron chi connectivity index (χ2n) is 6.05. The van der Waals surface area contributed by atoms with Crippen molar-refractivity contribution >= 4 is 33.0 Å². The smallest absolute Gasteiger partial charge is 0.236 e. The largest absolute Gasteiger partial charge is 0.378 e. The molecule has 1 N–H and O–H groups in total. The van der Waals surface area contributed by atoms with Gasteiger partial charge in [0.25, 0.3) is 0 Å². The van der Waals surface area contributed by atoms with Crippen molar-refractivity contribution in [3.05, 3.63) is 58.6 Å². The maximum Gasteiger partial charge on any atom is 0.236 e. The molecule has 5 nitrogen and oxygen atoms in total. The van der Waals surface area contributed by atoms with E-state index in [9.17, 15) is 8.42 Å². The molecule has 0 atom stereocenters. The molecular formula is C18H21ClN2O3S. The van der Waals surface area contributed by atoms with E-state index in [1.165, 1.54) is 0 Å². The molecule has 2 aromatic carbocycles. The summed E-state index contributed by atoms with van der Waals surface area (Å²) < 4.78 is 33.1. The number of anilines is 2. The highest BCUT2D eigenvalue weighted by Gasteiger charge is 2.17. The minimum Gasteiger partial charge on any atom is -0.378 e. The zero-order valence-corrected chi connectivity index (χ0v) is 15.6. The van der Waals surface area contributed by atoms with Crippen molar-refractivity contribution in [3.8, 4) is 0 Å². The van der Waals surface area contributed by atoms with Gasteiger partial charge in [-0.3, -0.25) is 4.72 Å². The third kappa shape index (κ3) is 4.66. The number of aryl methyl sites for hydroxylation is 1. The van der Waals surface area contributed by atoms with Crippen LogP contribution >= 0.6 is 11.6 Å². The summed E-state index contributed by atoms with van der Waals surface area (Å²) >= 11 is 6.21. The van der Waals surface area contributed by atoms with Crippen LogP contribution in [0.2, 0.25) is 5.02 Å². The molecule has 0 amide bonds. The summed E-state index contributed by atoms with van der Waals surface area (Å²) in [4.78, 5) is 2.15. The zero-order chi connectivity index (χ0) is 17.9. The van der Waals surface area contributed by atoms with Gasteiger partial charge in [0.1, 0.15) is 0 Å². The molecule has 0 radical (unpaired) electrons. The summed E-state index contributed by atoms with van der Waals surface area (Å²) in [6.45, 7) is 4.78. The van der Waals surface area contributed by atoms with Crippen LogP contribution in [-0.4, -0.2) is 34.7 Å². The van der Waals surface area contributed by atoms with Crippen LogP contribution in [-0.2, 0) is 20.5 Å². The lowest BCUT2D eigenvalue weighted by atomic mass is 10.1. The van der Waals surface area contributed by atoms with Crippen LogP contribution in [0.15, 0.2) is 42.5 Å². The van der Waals surface area contributed by atoms with E-state index in [4.69, 9.17) is 16.3 Å². The average Bonchev–Trinajstić information content (AvgIpc) is 2.59. The standard InChI is InChI=1S/C18H21ClN2O3S/c1-14-4-2-3-5-15(14)13-25(22,23)20-18-12-16(6-7-17(18)19)21-8-10-24-11-9-21/h2-7,12,20H,8-11,13H2,1H3. The first kappa shape index (κ1) is 18.0. The number of rotatable bonds is 5. The SMILES string of the molecule is Cc1ccccc1CS(=O)(=O)Nc1cc(N2CCOCC2)ccc1Cl. The Morgan fingerprint density at radius 3 is 2.60 bits per heavy atom. The number of nitrogens with zero attached hydrogens (tertiary/aromatic N) is 1. The van der Waals surface area contributed by atoms with Crippen LogP contribution in [0.25, 0.3) is 0 Å². The molecule has 1 aliphatic heterocycles. The molecule has 1 fully saturated rings. The molecule has 0 bridgehead atoms. The number of hydrogen-bond donors (Lipinski definition) is 1. The zero-order valence-electron chi connectivity index (χ0n) is 14.0. The number of sulfonamides is 1. The van der Waals surface area contributed by atoms with Gasteiger partial charge in [0.15, 0.2) is 0 Å². The predicted octanol–water partition coefficient (Wildman–Crippen LogP) is 3.43. The summed E-state index contributed by atoms with van der Waals surface area (Å²) in [5.74, 6) is -0.0855. The Hall–Kier alpha value is -1.76. The van der Waals surface area contributed by atoms with Crippen LogP contribution in [0, 0.1) is 6.92 Å². The third-order valence-electron chi connectivity index (χ3n) is 4.20. The molecule has 134 valence electrons. The van der Waals surface area contributed by atoms with E-state index in [0.717, 1.165) is 29.9 Å². The Balaban J connectivity index is 1.80. The van der Waals surface area contributed by atoms with Gasteiger partial charge in [-0.05, 0) is 36.2 Å². The van der Waals surface area contributed by atoms with Crippen LogP contribution in [0.3, 0.4) is 0 Å². The fourth-order valence-electron chi connectivity index (χ4n) is 2.79. The van der Waals surface area contributed by atoms with Crippen molar-refractivity contribution in [2.45, 2.75) is 12.7 Å². The molecule has 25 heavy (non-hydrogen) atoms. The molecule has 0 aliphatic carbocycles. The van der Waals surface area contributed by atoms with Gasteiger partial charge in [-0.15, -0.1) is 0 Å². The highest BCUT2D eigenvalue weighted by atomic mass is 35.5. The Morgan fingerprint density at radius 2 is 1.88 bits per heavy atom. The summed E-state index contributed by atoms with van der Waals surface area (Å²) in [6, 6.07) is 12.8. The molecule has 0 aromatic heterocycles. The van der Waals surface area contributed by atoms with Crippen molar-refractivity contribution in [2.75, 3.05) is 35.9 Å². The Bertz CT molecular complexity index is 849. The minimum atomic E-state index is -3.56. The fraction of sp³-hybridized carbons (Fsp3) is 0.333.